The van der Waals surface area contributed by atoms with Crippen LogP contribution in [0.1, 0.15) is 6.92 Å². The monoisotopic (exact) mass is 183 g/mol. The van der Waals surface area contributed by atoms with Crippen LogP contribution in [0.25, 0.3) is 0 Å². The third-order valence-electron chi connectivity index (χ3n) is 1.61. The van der Waals surface area contributed by atoms with E-state index in [4.69, 9.17) is 0 Å². The molecule has 1 aromatic heterocycles. The Hall–Kier alpha value is -1.52. The molecule has 0 spiro atoms. The quantitative estimate of drug-likeness (QED) is 0.690. The Kier molecular flexibility index (Phi) is 3.31. The smallest absolute Gasteiger partial charge is 0.325 e. The average Bonchev–Trinajstić information content (AvgIpc) is 2.61. The first-order chi connectivity index (χ1) is 6.26. The zero-order valence-electron chi connectivity index (χ0n) is 7.78. The molecule has 0 atom stereocenters. The van der Waals surface area contributed by atoms with Crippen molar-refractivity contribution in [2.75, 3.05) is 19.0 Å². The Labute approximate surface area is 76.7 Å². The van der Waals surface area contributed by atoms with Crippen LogP contribution in [0.4, 0.5) is 5.82 Å². The molecule has 0 bridgehead atoms. The minimum absolute atomic E-state index is 0.150. The van der Waals surface area contributed by atoms with Gasteiger partial charge < -0.3 is 10.1 Å². The molecular formula is C8H13N3O2. The molecule has 1 N–H and O–H groups in total. The van der Waals surface area contributed by atoms with Gasteiger partial charge in [-0.15, -0.1) is 0 Å². The molecule has 72 valence electrons. The molecule has 13 heavy (non-hydrogen) atoms. The fourth-order valence-electron chi connectivity index (χ4n) is 0.867. The van der Waals surface area contributed by atoms with Gasteiger partial charge in [0.2, 0.25) is 0 Å². The normalized spacial score (nSPS) is 9.69. The molecule has 0 aliphatic rings. The molecule has 0 saturated heterocycles. The van der Waals surface area contributed by atoms with E-state index in [0.29, 0.717) is 5.82 Å². The summed E-state index contributed by atoms with van der Waals surface area (Å²) in [6.45, 7) is 2.97. The third-order valence-corrected chi connectivity index (χ3v) is 1.61. The lowest BCUT2D eigenvalue weighted by Crippen LogP contribution is -2.15. The summed E-state index contributed by atoms with van der Waals surface area (Å²) in [4.78, 5) is 10.7. The van der Waals surface area contributed by atoms with Crippen LogP contribution in [0.5, 0.6) is 0 Å². The van der Waals surface area contributed by atoms with Gasteiger partial charge in [-0.25, -0.2) is 0 Å². The van der Waals surface area contributed by atoms with Gasteiger partial charge in [0, 0.05) is 18.8 Å². The maximum atomic E-state index is 10.7. The molecule has 0 saturated carbocycles. The number of hydrogen-bond donors (Lipinski definition) is 1. The molecule has 1 aromatic rings. The molecule has 0 amide bonds. The number of anilines is 1. The van der Waals surface area contributed by atoms with E-state index >= 15 is 0 Å². The maximum absolute atomic E-state index is 10.7. The molecule has 5 heteroatoms. The Bertz CT molecular complexity index is 283. The van der Waals surface area contributed by atoms with E-state index in [2.05, 4.69) is 15.2 Å². The summed E-state index contributed by atoms with van der Waals surface area (Å²) in [6.07, 6.45) is 1.85. The van der Waals surface area contributed by atoms with Gasteiger partial charge >= 0.3 is 5.97 Å². The van der Waals surface area contributed by atoms with Crippen LogP contribution < -0.4 is 5.32 Å². The van der Waals surface area contributed by atoms with Crippen LogP contribution in [-0.4, -0.2) is 29.4 Å². The van der Waals surface area contributed by atoms with Crippen molar-refractivity contribution in [1.29, 1.82) is 0 Å². The van der Waals surface area contributed by atoms with Crippen molar-refractivity contribution < 1.29 is 9.53 Å². The molecule has 0 aliphatic carbocycles. The summed E-state index contributed by atoms with van der Waals surface area (Å²) in [5, 5.41) is 6.98. The van der Waals surface area contributed by atoms with Crippen molar-refractivity contribution in [3.63, 3.8) is 0 Å². The maximum Gasteiger partial charge on any atom is 0.325 e. The standard InChI is InChI=1S/C8H13N3O2/c1-3-11-5-4-7(10-11)9-6-8(12)13-2/h4-5H,3,6H2,1-2H3,(H,9,10). The van der Waals surface area contributed by atoms with Gasteiger partial charge in [0.1, 0.15) is 12.4 Å². The Balaban J connectivity index is 2.41. The molecular weight excluding hydrogens is 170 g/mol. The average molecular weight is 183 g/mol. The summed E-state index contributed by atoms with van der Waals surface area (Å²) < 4.78 is 6.25. The van der Waals surface area contributed by atoms with E-state index in [-0.39, 0.29) is 12.5 Å². The Morgan fingerprint density at radius 3 is 3.08 bits per heavy atom. The number of methoxy groups -OCH3 is 1. The molecule has 0 radical (unpaired) electrons. The highest BCUT2D eigenvalue weighted by atomic mass is 16.5. The fourth-order valence-corrected chi connectivity index (χ4v) is 0.867. The number of aryl methyl sites for hydroxylation is 1. The first kappa shape index (κ1) is 9.57. The van der Waals surface area contributed by atoms with Crippen LogP contribution >= 0.6 is 0 Å². The second kappa shape index (κ2) is 4.49. The first-order valence-corrected chi connectivity index (χ1v) is 4.10. The van der Waals surface area contributed by atoms with Gasteiger partial charge in [0.15, 0.2) is 0 Å². The van der Waals surface area contributed by atoms with Crippen LogP contribution in [-0.2, 0) is 16.1 Å². The number of ether oxygens (including phenoxy) is 1. The summed E-state index contributed by atoms with van der Waals surface area (Å²) in [5.74, 6) is 0.387. The van der Waals surface area contributed by atoms with Crippen molar-refractivity contribution in [2.24, 2.45) is 0 Å². The fraction of sp³-hybridized carbons (Fsp3) is 0.500. The van der Waals surface area contributed by atoms with Crippen molar-refractivity contribution >= 4 is 11.8 Å². The largest absolute Gasteiger partial charge is 0.468 e. The lowest BCUT2D eigenvalue weighted by Gasteiger charge is -2.00. The molecule has 0 unspecified atom stereocenters. The predicted molar refractivity (Wildman–Crippen MR) is 48.4 cm³/mol. The van der Waals surface area contributed by atoms with Gasteiger partial charge in [-0.1, -0.05) is 0 Å². The van der Waals surface area contributed by atoms with Crippen LogP contribution in [0, 0.1) is 0 Å². The van der Waals surface area contributed by atoms with Crippen molar-refractivity contribution in [1.82, 2.24) is 9.78 Å². The van der Waals surface area contributed by atoms with E-state index in [1.807, 2.05) is 19.2 Å². The summed E-state index contributed by atoms with van der Waals surface area (Å²) in [7, 11) is 1.36. The number of carbonyl (C=O) groups excluding carboxylic acids is 1. The highest BCUT2D eigenvalue weighted by molar-refractivity contribution is 5.74. The number of nitrogens with zero attached hydrogens (tertiary/aromatic N) is 2. The number of hydrogen-bond acceptors (Lipinski definition) is 4. The zero-order chi connectivity index (χ0) is 9.68. The molecule has 0 aliphatic heterocycles. The van der Waals surface area contributed by atoms with Crippen molar-refractivity contribution in [3.05, 3.63) is 12.3 Å². The summed E-state index contributed by atoms with van der Waals surface area (Å²) in [5.41, 5.74) is 0. The van der Waals surface area contributed by atoms with Crippen molar-refractivity contribution in [2.45, 2.75) is 13.5 Å². The lowest BCUT2D eigenvalue weighted by atomic mass is 10.6. The molecule has 5 nitrogen and oxygen atoms in total. The van der Waals surface area contributed by atoms with Gasteiger partial charge in [-0.2, -0.15) is 5.10 Å². The lowest BCUT2D eigenvalue weighted by molar-refractivity contribution is -0.138. The number of nitrogens with one attached hydrogen (secondary N) is 1. The Morgan fingerprint density at radius 1 is 1.77 bits per heavy atom. The first-order valence-electron chi connectivity index (χ1n) is 4.10. The highest BCUT2D eigenvalue weighted by Crippen LogP contribution is 2.00. The molecule has 0 fully saturated rings. The van der Waals surface area contributed by atoms with Gasteiger partial charge in [0.05, 0.1) is 7.11 Å². The minimum atomic E-state index is -0.300. The number of carbonyl (C=O) groups is 1. The number of aromatic nitrogens is 2. The third kappa shape index (κ3) is 2.77. The van der Waals surface area contributed by atoms with Gasteiger partial charge in [-0.3, -0.25) is 9.48 Å². The van der Waals surface area contributed by atoms with E-state index in [9.17, 15) is 4.79 Å². The van der Waals surface area contributed by atoms with E-state index in [1.165, 1.54) is 7.11 Å². The number of rotatable bonds is 4. The summed E-state index contributed by atoms with van der Waals surface area (Å²) in [6, 6.07) is 1.81. The summed E-state index contributed by atoms with van der Waals surface area (Å²) >= 11 is 0. The van der Waals surface area contributed by atoms with Crippen LogP contribution in [0.15, 0.2) is 12.3 Å². The van der Waals surface area contributed by atoms with E-state index in [0.717, 1.165) is 6.54 Å². The Morgan fingerprint density at radius 2 is 2.54 bits per heavy atom. The predicted octanol–water partition coefficient (Wildman–Crippen LogP) is 0.488. The van der Waals surface area contributed by atoms with Crippen LogP contribution in [0.3, 0.4) is 0 Å². The minimum Gasteiger partial charge on any atom is -0.468 e. The topological polar surface area (TPSA) is 56.2 Å². The van der Waals surface area contributed by atoms with E-state index < -0.39 is 0 Å². The highest BCUT2D eigenvalue weighted by Gasteiger charge is 2.01. The van der Waals surface area contributed by atoms with Crippen LogP contribution in [0.2, 0.25) is 0 Å². The second-order valence-electron chi connectivity index (χ2n) is 2.49. The SMILES string of the molecule is CCn1ccc(NCC(=O)OC)n1. The van der Waals surface area contributed by atoms with Gasteiger partial charge in [-0.05, 0) is 6.92 Å². The van der Waals surface area contributed by atoms with E-state index in [1.54, 1.807) is 4.68 Å². The molecule has 1 heterocycles. The molecule has 0 aromatic carbocycles. The molecule has 1 rings (SSSR count). The van der Waals surface area contributed by atoms with Gasteiger partial charge in [0.25, 0.3) is 0 Å². The van der Waals surface area contributed by atoms with Crippen molar-refractivity contribution in [3.8, 4) is 0 Å². The zero-order valence-corrected chi connectivity index (χ0v) is 7.78. The number of esters is 1. The second-order valence-corrected chi connectivity index (χ2v) is 2.49.